The molecule has 1 atom stereocenters. The van der Waals surface area contributed by atoms with Gasteiger partial charge in [-0.1, -0.05) is 39.7 Å². The summed E-state index contributed by atoms with van der Waals surface area (Å²) in [5.41, 5.74) is 7.17. The number of ether oxygens (including phenoxy) is 1. The van der Waals surface area contributed by atoms with Crippen molar-refractivity contribution >= 4 is 32.4 Å². The van der Waals surface area contributed by atoms with Crippen LogP contribution in [-0.2, 0) is 4.74 Å². The second kappa shape index (κ2) is 8.09. The molecule has 5 fully saturated rings. The quantitative estimate of drug-likeness (QED) is 0.365. The van der Waals surface area contributed by atoms with Gasteiger partial charge >= 0.3 is 0 Å². The van der Waals surface area contributed by atoms with Gasteiger partial charge in [0.1, 0.15) is 0 Å². The molecule has 170 valence electrons. The second-order valence-corrected chi connectivity index (χ2v) is 11.7. The number of benzene rings is 2. The molecule has 8 rings (SSSR count). The summed E-state index contributed by atoms with van der Waals surface area (Å²) in [6.45, 7) is 0.842. The zero-order chi connectivity index (χ0) is 21.9. The van der Waals surface area contributed by atoms with Crippen LogP contribution in [-0.4, -0.2) is 16.4 Å². The molecule has 33 heavy (non-hydrogen) atoms. The van der Waals surface area contributed by atoms with Crippen LogP contribution in [0.25, 0.3) is 16.5 Å². The van der Waals surface area contributed by atoms with Gasteiger partial charge in [0.15, 0.2) is 6.23 Å². The van der Waals surface area contributed by atoms with Gasteiger partial charge < -0.3 is 4.74 Å². The SMILES string of the molecule is Brc1ccc(C(c2ccc3c(cnn3C3CCCCO3)c2)=C2[C@H]3CC4CC(C3)C[C@@H]2C4)cc1. The molecule has 1 aliphatic heterocycles. The van der Waals surface area contributed by atoms with E-state index in [9.17, 15) is 0 Å². The summed E-state index contributed by atoms with van der Waals surface area (Å²) in [6.07, 6.45) is 12.7. The van der Waals surface area contributed by atoms with Crippen LogP contribution in [0.3, 0.4) is 0 Å². The van der Waals surface area contributed by atoms with Gasteiger partial charge in [-0.2, -0.15) is 5.10 Å². The van der Waals surface area contributed by atoms with Crippen LogP contribution in [0, 0.1) is 23.7 Å². The topological polar surface area (TPSA) is 27.1 Å². The molecule has 0 radical (unpaired) electrons. The molecule has 1 unspecified atom stereocenters. The molecule has 4 saturated carbocycles. The molecule has 0 N–H and O–H groups in total. The van der Waals surface area contributed by atoms with Crippen molar-refractivity contribution in [2.24, 2.45) is 23.7 Å². The van der Waals surface area contributed by atoms with E-state index in [4.69, 9.17) is 9.84 Å². The predicted molar refractivity (Wildman–Crippen MR) is 136 cm³/mol. The summed E-state index contributed by atoms with van der Waals surface area (Å²) >= 11 is 3.64. The minimum atomic E-state index is 0.0795. The highest BCUT2D eigenvalue weighted by Gasteiger charge is 2.46. The Hall–Kier alpha value is -1.91. The van der Waals surface area contributed by atoms with E-state index >= 15 is 0 Å². The minimum absolute atomic E-state index is 0.0795. The minimum Gasteiger partial charge on any atom is -0.356 e. The second-order valence-electron chi connectivity index (χ2n) is 10.8. The summed E-state index contributed by atoms with van der Waals surface area (Å²) in [4.78, 5) is 0. The predicted octanol–water partition coefficient (Wildman–Crippen LogP) is 7.76. The summed E-state index contributed by atoms with van der Waals surface area (Å²) in [5, 5.41) is 5.98. The molecule has 4 bridgehead atoms. The average Bonchev–Trinajstić information content (AvgIpc) is 3.26. The Balaban J connectivity index is 1.36. The molecule has 0 amide bonds. The van der Waals surface area contributed by atoms with E-state index in [1.807, 2.05) is 6.20 Å². The molecular weight excluding hydrogens is 472 g/mol. The van der Waals surface area contributed by atoms with E-state index in [-0.39, 0.29) is 6.23 Å². The van der Waals surface area contributed by atoms with Crippen LogP contribution >= 0.6 is 15.9 Å². The zero-order valence-electron chi connectivity index (χ0n) is 19.1. The van der Waals surface area contributed by atoms with E-state index in [2.05, 4.69) is 63.1 Å². The van der Waals surface area contributed by atoms with Gasteiger partial charge in [0, 0.05) is 16.5 Å². The summed E-state index contributed by atoms with van der Waals surface area (Å²) < 4.78 is 9.28. The van der Waals surface area contributed by atoms with E-state index < -0.39 is 0 Å². The molecule has 0 spiro atoms. The molecular formula is C29H31BrN2O. The average molecular weight is 503 g/mol. The van der Waals surface area contributed by atoms with Crippen molar-refractivity contribution in [2.45, 2.75) is 57.6 Å². The lowest BCUT2D eigenvalue weighted by Gasteiger charge is -2.52. The Morgan fingerprint density at radius 1 is 0.879 bits per heavy atom. The summed E-state index contributed by atoms with van der Waals surface area (Å²) in [5.74, 6) is 3.49. The standard InChI is InChI=1S/C29H31BrN2O/c30-25-7-4-20(5-8-25)28(29-22-12-18-11-19(14-22)15-23(29)13-18)21-6-9-26-24(16-21)17-31-32(26)27-3-1-2-10-33-27/h4-9,16-19,22-23,27H,1-3,10-15H2/t18?,19?,22-,23-,27?. The fourth-order valence-corrected chi connectivity index (χ4v) is 7.84. The molecule has 5 aliphatic rings. The summed E-state index contributed by atoms with van der Waals surface area (Å²) in [7, 11) is 0. The van der Waals surface area contributed by atoms with Crippen LogP contribution in [0.2, 0.25) is 0 Å². The third kappa shape index (κ3) is 3.52. The first-order valence-electron chi connectivity index (χ1n) is 12.8. The van der Waals surface area contributed by atoms with Gasteiger partial charge in [-0.05, 0) is 116 Å². The van der Waals surface area contributed by atoms with E-state index in [1.165, 1.54) is 66.1 Å². The van der Waals surface area contributed by atoms with Crippen LogP contribution in [0.15, 0.2) is 58.7 Å². The number of nitrogens with zero attached hydrogens (tertiary/aromatic N) is 2. The van der Waals surface area contributed by atoms with Crippen LogP contribution in [0.1, 0.15) is 68.7 Å². The number of fused-ring (bicyclic) bond motifs is 1. The van der Waals surface area contributed by atoms with Crippen molar-refractivity contribution in [3.63, 3.8) is 0 Å². The summed E-state index contributed by atoms with van der Waals surface area (Å²) in [6, 6.07) is 16.0. The molecule has 3 nitrogen and oxygen atoms in total. The molecule has 3 aromatic rings. The molecule has 1 aromatic heterocycles. The first kappa shape index (κ1) is 20.5. The highest BCUT2D eigenvalue weighted by molar-refractivity contribution is 9.10. The maximum Gasteiger partial charge on any atom is 0.150 e. The number of halogens is 1. The fourth-order valence-electron chi connectivity index (χ4n) is 7.57. The van der Waals surface area contributed by atoms with Gasteiger partial charge in [-0.3, -0.25) is 0 Å². The molecule has 4 aliphatic carbocycles. The van der Waals surface area contributed by atoms with E-state index in [1.54, 1.807) is 5.57 Å². The van der Waals surface area contributed by atoms with Crippen molar-refractivity contribution in [3.05, 3.63) is 69.8 Å². The lowest BCUT2D eigenvalue weighted by atomic mass is 9.53. The van der Waals surface area contributed by atoms with Gasteiger partial charge in [0.05, 0.1) is 11.7 Å². The third-order valence-electron chi connectivity index (χ3n) is 8.75. The maximum atomic E-state index is 6.03. The highest BCUT2D eigenvalue weighted by atomic mass is 79.9. The van der Waals surface area contributed by atoms with Gasteiger partial charge in [0.25, 0.3) is 0 Å². The third-order valence-corrected chi connectivity index (χ3v) is 9.28. The van der Waals surface area contributed by atoms with Crippen molar-refractivity contribution in [3.8, 4) is 0 Å². The first-order valence-corrected chi connectivity index (χ1v) is 13.6. The van der Waals surface area contributed by atoms with Crippen LogP contribution in [0.5, 0.6) is 0 Å². The Labute approximate surface area is 204 Å². The molecule has 2 heterocycles. The van der Waals surface area contributed by atoms with Crippen LogP contribution < -0.4 is 0 Å². The van der Waals surface area contributed by atoms with Crippen molar-refractivity contribution in [1.82, 2.24) is 9.78 Å². The number of aromatic nitrogens is 2. The van der Waals surface area contributed by atoms with Gasteiger partial charge in [-0.25, -0.2) is 4.68 Å². The van der Waals surface area contributed by atoms with Crippen molar-refractivity contribution < 1.29 is 4.74 Å². The maximum absolute atomic E-state index is 6.03. The monoisotopic (exact) mass is 502 g/mol. The smallest absolute Gasteiger partial charge is 0.150 e. The number of hydrogen-bond donors (Lipinski definition) is 0. The Morgan fingerprint density at radius 2 is 1.61 bits per heavy atom. The molecule has 1 saturated heterocycles. The van der Waals surface area contributed by atoms with Gasteiger partial charge in [-0.15, -0.1) is 0 Å². The largest absolute Gasteiger partial charge is 0.356 e. The van der Waals surface area contributed by atoms with E-state index in [0.717, 1.165) is 47.6 Å². The number of hydrogen-bond acceptors (Lipinski definition) is 2. The fraction of sp³-hybridized carbons (Fsp3) is 0.483. The van der Waals surface area contributed by atoms with Crippen molar-refractivity contribution in [2.75, 3.05) is 6.61 Å². The number of allylic oxidation sites excluding steroid dienone is 1. The molecule has 4 heteroatoms. The molecule has 2 aromatic carbocycles. The lowest BCUT2D eigenvalue weighted by Crippen LogP contribution is -2.40. The Morgan fingerprint density at radius 3 is 2.30 bits per heavy atom. The van der Waals surface area contributed by atoms with Crippen molar-refractivity contribution in [1.29, 1.82) is 0 Å². The van der Waals surface area contributed by atoms with E-state index in [0.29, 0.717) is 0 Å². The highest BCUT2D eigenvalue weighted by Crippen LogP contribution is 2.58. The number of rotatable bonds is 3. The Kier molecular flexibility index (Phi) is 5.02. The first-order chi connectivity index (χ1) is 16.2. The Bertz CT molecular complexity index is 1190. The van der Waals surface area contributed by atoms with Crippen LogP contribution in [0.4, 0.5) is 0 Å². The van der Waals surface area contributed by atoms with Gasteiger partial charge in [0.2, 0.25) is 0 Å². The zero-order valence-corrected chi connectivity index (χ0v) is 20.6. The normalized spacial score (nSPS) is 30.8. The lowest BCUT2D eigenvalue weighted by molar-refractivity contribution is -0.0366.